The first-order valence-electron chi connectivity index (χ1n) is 9.93. The van der Waals surface area contributed by atoms with Crippen LogP contribution in [0, 0.1) is 0 Å². The number of fused-ring (bicyclic) bond motifs is 1. The average molecular weight is 483 g/mol. The van der Waals surface area contributed by atoms with Crippen molar-refractivity contribution >= 4 is 41.0 Å². The van der Waals surface area contributed by atoms with Gasteiger partial charge in [0, 0.05) is 11.9 Å². The molecule has 0 bridgehead atoms. The summed E-state index contributed by atoms with van der Waals surface area (Å²) in [5.41, 5.74) is 1.97. The topological polar surface area (TPSA) is 87.0 Å². The second-order valence-electron chi connectivity index (χ2n) is 7.29. The van der Waals surface area contributed by atoms with E-state index in [0.29, 0.717) is 36.9 Å². The Balaban J connectivity index is 1.87. The fourth-order valence-electron chi connectivity index (χ4n) is 3.60. The van der Waals surface area contributed by atoms with Crippen molar-refractivity contribution in [1.29, 1.82) is 0 Å². The summed E-state index contributed by atoms with van der Waals surface area (Å²) in [7, 11) is 1.30. The van der Waals surface area contributed by atoms with E-state index in [4.69, 9.17) is 21.1 Å². The zero-order valence-electron chi connectivity index (χ0n) is 18.0. The molecular formula is C24H19ClN2O5S. The number of nitrogens with zero attached hydrogens (tertiary/aromatic N) is 2. The molecule has 2 heterocycles. The fourth-order valence-corrected chi connectivity index (χ4v) is 4.78. The Kier molecular flexibility index (Phi) is 6.31. The van der Waals surface area contributed by atoms with E-state index >= 15 is 0 Å². The first-order valence-corrected chi connectivity index (χ1v) is 11.1. The van der Waals surface area contributed by atoms with Crippen molar-refractivity contribution in [2.75, 3.05) is 7.11 Å². The molecule has 1 aromatic heterocycles. The quantitative estimate of drug-likeness (QED) is 0.421. The van der Waals surface area contributed by atoms with Crippen molar-refractivity contribution in [2.24, 2.45) is 4.99 Å². The van der Waals surface area contributed by atoms with Gasteiger partial charge in [0.05, 0.1) is 29.0 Å². The molecule has 0 aliphatic carbocycles. The highest BCUT2D eigenvalue weighted by Gasteiger charge is 2.33. The molecule has 1 atom stereocenters. The van der Waals surface area contributed by atoms with Gasteiger partial charge in [-0.3, -0.25) is 14.2 Å². The molecule has 9 heteroatoms. The van der Waals surface area contributed by atoms with Gasteiger partial charge < -0.3 is 9.47 Å². The third-order valence-corrected chi connectivity index (χ3v) is 6.29. The van der Waals surface area contributed by atoms with Crippen LogP contribution in [-0.4, -0.2) is 23.6 Å². The van der Waals surface area contributed by atoms with Crippen LogP contribution in [0.15, 0.2) is 69.6 Å². The van der Waals surface area contributed by atoms with Crippen molar-refractivity contribution in [3.63, 3.8) is 0 Å². The van der Waals surface area contributed by atoms with Crippen LogP contribution in [0.3, 0.4) is 0 Å². The van der Waals surface area contributed by atoms with Gasteiger partial charge in [0.15, 0.2) is 4.80 Å². The molecular weight excluding hydrogens is 464 g/mol. The van der Waals surface area contributed by atoms with Crippen LogP contribution in [0.25, 0.3) is 6.08 Å². The summed E-state index contributed by atoms with van der Waals surface area (Å²) >= 11 is 7.28. The molecule has 1 unspecified atom stereocenters. The van der Waals surface area contributed by atoms with Gasteiger partial charge in [-0.15, -0.1) is 0 Å². The van der Waals surface area contributed by atoms with Gasteiger partial charge in [0.25, 0.3) is 5.56 Å². The molecule has 2 aromatic carbocycles. The summed E-state index contributed by atoms with van der Waals surface area (Å²) in [6.07, 6.45) is 1.73. The number of hydrogen-bond acceptors (Lipinski definition) is 7. The minimum absolute atomic E-state index is 0.281. The second-order valence-corrected chi connectivity index (χ2v) is 8.73. The van der Waals surface area contributed by atoms with Gasteiger partial charge in [-0.2, -0.15) is 0 Å². The third kappa shape index (κ3) is 4.53. The zero-order valence-corrected chi connectivity index (χ0v) is 19.6. The maximum atomic E-state index is 13.5. The summed E-state index contributed by atoms with van der Waals surface area (Å²) in [5.74, 6) is -0.538. The van der Waals surface area contributed by atoms with E-state index in [9.17, 15) is 14.4 Å². The summed E-state index contributed by atoms with van der Waals surface area (Å²) in [6.45, 7) is 3.05. The average Bonchev–Trinajstić information content (AvgIpc) is 3.08. The SMILES string of the molecule is COC(=O)C1=C(C)N=c2s/c(=C\c3ccc(OC(C)=O)cc3)c(=O)n2C1c1ccc(Cl)cc1. The molecule has 0 saturated heterocycles. The largest absolute Gasteiger partial charge is 0.466 e. The first-order chi connectivity index (χ1) is 15.8. The number of thiazole rings is 1. The number of carbonyl (C=O) groups is 2. The predicted molar refractivity (Wildman–Crippen MR) is 125 cm³/mol. The van der Waals surface area contributed by atoms with Gasteiger partial charge in [-0.1, -0.05) is 47.2 Å². The molecule has 33 heavy (non-hydrogen) atoms. The molecule has 7 nitrogen and oxygen atoms in total. The van der Waals surface area contributed by atoms with E-state index in [-0.39, 0.29) is 5.56 Å². The summed E-state index contributed by atoms with van der Waals surface area (Å²) < 4.78 is 12.0. The molecule has 0 saturated carbocycles. The number of hydrogen-bond donors (Lipinski definition) is 0. The van der Waals surface area contributed by atoms with Crippen molar-refractivity contribution in [1.82, 2.24) is 4.57 Å². The van der Waals surface area contributed by atoms with E-state index in [2.05, 4.69) is 4.99 Å². The Morgan fingerprint density at radius 2 is 1.79 bits per heavy atom. The number of carbonyl (C=O) groups excluding carboxylic acids is 2. The van der Waals surface area contributed by atoms with E-state index in [1.807, 2.05) is 0 Å². The van der Waals surface area contributed by atoms with Crippen LogP contribution in [0.2, 0.25) is 5.02 Å². The first kappa shape index (κ1) is 22.7. The Morgan fingerprint density at radius 1 is 1.12 bits per heavy atom. The maximum Gasteiger partial charge on any atom is 0.338 e. The Morgan fingerprint density at radius 3 is 2.39 bits per heavy atom. The molecule has 0 spiro atoms. The molecule has 0 amide bonds. The number of aromatic nitrogens is 1. The van der Waals surface area contributed by atoms with Crippen molar-refractivity contribution in [3.05, 3.63) is 95.6 Å². The molecule has 0 N–H and O–H groups in total. The molecule has 168 valence electrons. The van der Waals surface area contributed by atoms with Gasteiger partial charge in [-0.25, -0.2) is 9.79 Å². The van der Waals surface area contributed by atoms with E-state index in [1.54, 1.807) is 61.5 Å². The number of allylic oxidation sites excluding steroid dienone is 1. The summed E-state index contributed by atoms with van der Waals surface area (Å²) in [4.78, 5) is 42.2. The minimum atomic E-state index is -0.695. The standard InChI is InChI=1S/C24H19ClN2O5S/c1-13-20(23(30)31-3)21(16-6-8-17(25)9-7-16)27-22(29)19(33-24(27)26-13)12-15-4-10-18(11-5-15)32-14(2)28/h4-12,21H,1-3H3/b19-12-. The van der Waals surface area contributed by atoms with Crippen LogP contribution in [0.5, 0.6) is 5.75 Å². The highest BCUT2D eigenvalue weighted by Crippen LogP contribution is 2.31. The number of halogens is 1. The van der Waals surface area contributed by atoms with Gasteiger partial charge in [-0.05, 0) is 48.4 Å². The Hall–Kier alpha value is -3.49. The van der Waals surface area contributed by atoms with Gasteiger partial charge >= 0.3 is 11.9 Å². The summed E-state index contributed by atoms with van der Waals surface area (Å²) in [5, 5.41) is 0.545. The van der Waals surface area contributed by atoms with Crippen LogP contribution >= 0.6 is 22.9 Å². The van der Waals surface area contributed by atoms with Crippen LogP contribution < -0.4 is 19.6 Å². The lowest BCUT2D eigenvalue weighted by Crippen LogP contribution is -2.39. The van der Waals surface area contributed by atoms with Gasteiger partial charge in [0.1, 0.15) is 5.75 Å². The Bertz CT molecular complexity index is 1450. The van der Waals surface area contributed by atoms with E-state index in [1.165, 1.54) is 29.9 Å². The molecule has 0 radical (unpaired) electrons. The number of rotatable bonds is 4. The summed E-state index contributed by atoms with van der Waals surface area (Å²) in [6, 6.07) is 13.1. The van der Waals surface area contributed by atoms with Crippen LogP contribution in [-0.2, 0) is 14.3 Å². The lowest BCUT2D eigenvalue weighted by molar-refractivity contribution is -0.136. The monoisotopic (exact) mass is 482 g/mol. The smallest absolute Gasteiger partial charge is 0.338 e. The normalized spacial score (nSPS) is 15.6. The highest BCUT2D eigenvalue weighted by atomic mass is 35.5. The number of benzene rings is 2. The van der Waals surface area contributed by atoms with Crippen LogP contribution in [0.4, 0.5) is 0 Å². The van der Waals surface area contributed by atoms with Crippen molar-refractivity contribution in [2.45, 2.75) is 19.9 Å². The molecule has 0 fully saturated rings. The number of ether oxygens (including phenoxy) is 2. The molecule has 1 aliphatic heterocycles. The highest BCUT2D eigenvalue weighted by molar-refractivity contribution is 7.07. The van der Waals surface area contributed by atoms with E-state index in [0.717, 1.165) is 5.56 Å². The maximum absolute atomic E-state index is 13.5. The van der Waals surface area contributed by atoms with Gasteiger partial charge in [0.2, 0.25) is 0 Å². The van der Waals surface area contributed by atoms with Crippen molar-refractivity contribution < 1.29 is 19.1 Å². The van der Waals surface area contributed by atoms with Crippen molar-refractivity contribution in [3.8, 4) is 5.75 Å². The zero-order chi connectivity index (χ0) is 23.7. The molecule has 4 rings (SSSR count). The predicted octanol–water partition coefficient (Wildman–Crippen LogP) is 2.99. The van der Waals surface area contributed by atoms with Crippen LogP contribution in [0.1, 0.15) is 31.0 Å². The number of methoxy groups -OCH3 is 1. The molecule has 3 aromatic rings. The molecule has 1 aliphatic rings. The Labute approximate surface area is 197 Å². The lowest BCUT2D eigenvalue weighted by atomic mass is 9.96. The van der Waals surface area contributed by atoms with E-state index < -0.39 is 18.0 Å². The second kappa shape index (κ2) is 9.17. The fraction of sp³-hybridized carbons (Fsp3) is 0.167. The lowest BCUT2D eigenvalue weighted by Gasteiger charge is -2.24. The minimum Gasteiger partial charge on any atom is -0.466 e. The number of esters is 2. The third-order valence-electron chi connectivity index (χ3n) is 5.05.